The van der Waals surface area contributed by atoms with E-state index in [1.54, 1.807) is 0 Å². The zero-order valence-electron chi connectivity index (χ0n) is 26.5. The highest BCUT2D eigenvalue weighted by molar-refractivity contribution is 5.95. The lowest BCUT2D eigenvalue weighted by Gasteiger charge is -2.34. The number of ether oxygens (including phenoxy) is 1. The average Bonchev–Trinajstić information content (AvgIpc) is 3.06. The molecule has 9 heteroatoms. The first-order valence-electron chi connectivity index (χ1n) is 16.8. The van der Waals surface area contributed by atoms with E-state index in [4.69, 9.17) is 4.74 Å². The van der Waals surface area contributed by atoms with Gasteiger partial charge in [-0.1, -0.05) is 55.7 Å². The second-order valence-corrected chi connectivity index (χ2v) is 13.0. The molecular formula is C36H48N4O5. The van der Waals surface area contributed by atoms with Crippen LogP contribution in [0, 0.1) is 18.8 Å². The van der Waals surface area contributed by atoms with Crippen LogP contribution in [0.2, 0.25) is 0 Å². The molecule has 4 bridgehead atoms. The number of rotatable bonds is 5. The Hall–Kier alpha value is -3.88. The number of hydrogen-bond acceptors (Lipinski definition) is 5. The van der Waals surface area contributed by atoms with Gasteiger partial charge in [0.05, 0.1) is 13.0 Å². The van der Waals surface area contributed by atoms with Crippen LogP contribution < -0.4 is 20.7 Å². The van der Waals surface area contributed by atoms with E-state index in [9.17, 15) is 19.2 Å². The molecule has 45 heavy (non-hydrogen) atoms. The summed E-state index contributed by atoms with van der Waals surface area (Å²) in [4.78, 5) is 56.3. The third kappa shape index (κ3) is 9.31. The van der Waals surface area contributed by atoms with Gasteiger partial charge in [-0.15, -0.1) is 0 Å². The maximum atomic E-state index is 13.9. The minimum Gasteiger partial charge on any atom is -0.494 e. The Kier molecular flexibility index (Phi) is 11.5. The predicted octanol–water partition coefficient (Wildman–Crippen LogP) is 4.21. The molecule has 1 unspecified atom stereocenters. The van der Waals surface area contributed by atoms with Crippen molar-refractivity contribution in [2.75, 3.05) is 19.7 Å². The summed E-state index contributed by atoms with van der Waals surface area (Å²) in [6, 6.07) is 13.8. The van der Waals surface area contributed by atoms with Crippen molar-refractivity contribution in [3.63, 3.8) is 0 Å². The Morgan fingerprint density at radius 2 is 1.76 bits per heavy atom. The molecule has 0 aromatic heterocycles. The van der Waals surface area contributed by atoms with Gasteiger partial charge in [-0.25, -0.2) is 0 Å². The molecule has 9 nitrogen and oxygen atoms in total. The molecule has 1 aliphatic carbocycles. The number of carbonyl (C=O) groups is 4. The third-order valence-electron chi connectivity index (χ3n) is 9.63. The van der Waals surface area contributed by atoms with Crippen molar-refractivity contribution < 1.29 is 23.9 Å². The summed E-state index contributed by atoms with van der Waals surface area (Å²) in [5.41, 5.74) is 3.03. The number of nitrogens with one attached hydrogen (secondary N) is 3. The van der Waals surface area contributed by atoms with E-state index >= 15 is 0 Å². The molecule has 2 fully saturated rings. The topological polar surface area (TPSA) is 117 Å². The van der Waals surface area contributed by atoms with Crippen molar-refractivity contribution in [3.05, 3.63) is 65.2 Å². The summed E-state index contributed by atoms with van der Waals surface area (Å²) in [5, 5.41) is 8.89. The van der Waals surface area contributed by atoms with Crippen molar-refractivity contribution in [3.8, 4) is 5.75 Å². The number of piperidine rings is 1. The SMILES string of the molecule is Cc1ccc2cc1CNC(=O)[C@H](CCc1ccccc1)NC(=O)[C@@H](NC(=O)C1CCCCC1)CC(=O)N1CCCC(CCO2)C1. The highest BCUT2D eigenvalue weighted by Gasteiger charge is 2.33. The smallest absolute Gasteiger partial charge is 0.243 e. The average molecular weight is 617 g/mol. The van der Waals surface area contributed by atoms with Gasteiger partial charge in [-0.3, -0.25) is 19.2 Å². The number of benzene rings is 2. The van der Waals surface area contributed by atoms with Crippen LogP contribution in [0.3, 0.4) is 0 Å². The molecule has 242 valence electrons. The highest BCUT2D eigenvalue weighted by atomic mass is 16.5. The standard InChI is InChI=1S/C36H48N4O5/c1-25-14-16-30-21-29(25)23-37-35(43)31(17-15-26-9-4-2-5-10-26)38-36(44)32(39-34(42)28-12-6-3-7-13-28)22-33(41)40-19-8-11-27(24-40)18-20-45-30/h2,4-5,9-10,14,16,21,27-28,31-32H,3,6-8,11-13,15,17-20,22-24H2,1H3,(H,37,43)(H,38,44)(H,39,42)/t27?,31-,32-/m0/s1. The van der Waals surface area contributed by atoms with Gasteiger partial charge in [0.15, 0.2) is 0 Å². The Bertz CT molecular complexity index is 1330. The number of carbonyl (C=O) groups excluding carboxylic acids is 4. The Labute approximate surface area is 266 Å². The van der Waals surface area contributed by atoms with Gasteiger partial charge in [0, 0.05) is 25.6 Å². The van der Waals surface area contributed by atoms with Crippen LogP contribution in [-0.4, -0.2) is 60.3 Å². The molecule has 2 aromatic carbocycles. The number of fused-ring (bicyclic) bond motifs is 4. The lowest BCUT2D eigenvalue weighted by Crippen LogP contribution is -2.56. The lowest BCUT2D eigenvalue weighted by atomic mass is 9.88. The zero-order valence-corrected chi connectivity index (χ0v) is 26.5. The molecule has 2 aliphatic heterocycles. The molecule has 3 N–H and O–H groups in total. The number of hydrogen-bond donors (Lipinski definition) is 3. The second kappa shape index (κ2) is 15.9. The quantitative estimate of drug-likeness (QED) is 0.466. The van der Waals surface area contributed by atoms with E-state index in [0.717, 1.165) is 73.8 Å². The molecule has 3 atom stereocenters. The van der Waals surface area contributed by atoms with Gasteiger partial charge in [-0.05, 0) is 86.6 Å². The molecular weight excluding hydrogens is 568 g/mol. The number of nitrogens with zero attached hydrogens (tertiary/aromatic N) is 1. The van der Waals surface area contributed by atoms with Gasteiger partial charge < -0.3 is 25.6 Å². The van der Waals surface area contributed by atoms with Crippen molar-refractivity contribution >= 4 is 23.6 Å². The molecule has 4 amide bonds. The largest absolute Gasteiger partial charge is 0.494 e. The fraction of sp³-hybridized carbons (Fsp3) is 0.556. The zero-order chi connectivity index (χ0) is 31.6. The highest BCUT2D eigenvalue weighted by Crippen LogP contribution is 2.25. The maximum absolute atomic E-state index is 13.9. The van der Waals surface area contributed by atoms with Gasteiger partial charge >= 0.3 is 0 Å². The van der Waals surface area contributed by atoms with E-state index in [1.165, 1.54) is 0 Å². The first-order valence-corrected chi connectivity index (χ1v) is 16.8. The fourth-order valence-corrected chi connectivity index (χ4v) is 6.77. The minimum absolute atomic E-state index is 0.135. The molecule has 5 rings (SSSR count). The van der Waals surface area contributed by atoms with E-state index in [-0.39, 0.29) is 36.6 Å². The van der Waals surface area contributed by atoms with Gasteiger partial charge in [0.2, 0.25) is 23.6 Å². The van der Waals surface area contributed by atoms with E-state index in [2.05, 4.69) is 16.0 Å². The third-order valence-corrected chi connectivity index (χ3v) is 9.63. The lowest BCUT2D eigenvalue weighted by molar-refractivity contribution is -0.139. The first kappa shape index (κ1) is 32.5. The molecule has 0 spiro atoms. The van der Waals surface area contributed by atoms with Crippen molar-refractivity contribution in [1.29, 1.82) is 0 Å². The second-order valence-electron chi connectivity index (χ2n) is 13.0. The van der Waals surface area contributed by atoms with Gasteiger partial charge in [0.1, 0.15) is 17.8 Å². The predicted molar refractivity (Wildman–Crippen MR) is 172 cm³/mol. The fourth-order valence-electron chi connectivity index (χ4n) is 6.77. The van der Waals surface area contributed by atoms with Crippen LogP contribution in [0.5, 0.6) is 5.75 Å². The van der Waals surface area contributed by atoms with Crippen molar-refractivity contribution in [1.82, 2.24) is 20.9 Å². The normalized spacial score (nSPS) is 24.0. The van der Waals surface area contributed by atoms with Crippen LogP contribution >= 0.6 is 0 Å². The number of aryl methyl sites for hydroxylation is 2. The summed E-state index contributed by atoms with van der Waals surface area (Å²) < 4.78 is 6.11. The molecule has 0 radical (unpaired) electrons. The monoisotopic (exact) mass is 616 g/mol. The summed E-state index contributed by atoms with van der Waals surface area (Å²) in [7, 11) is 0. The summed E-state index contributed by atoms with van der Waals surface area (Å²) in [5.74, 6) is -0.253. The van der Waals surface area contributed by atoms with Crippen molar-refractivity contribution in [2.45, 2.75) is 96.2 Å². The van der Waals surface area contributed by atoms with Crippen LogP contribution in [0.15, 0.2) is 48.5 Å². The summed E-state index contributed by atoms with van der Waals surface area (Å²) in [6.07, 6.45) is 8.17. The van der Waals surface area contributed by atoms with Gasteiger partial charge in [0.25, 0.3) is 0 Å². The molecule has 1 saturated heterocycles. The number of amides is 4. The molecule has 3 aliphatic rings. The van der Waals surface area contributed by atoms with Gasteiger partial charge in [-0.2, -0.15) is 0 Å². The van der Waals surface area contributed by atoms with Crippen LogP contribution in [0.25, 0.3) is 0 Å². The Morgan fingerprint density at radius 3 is 2.56 bits per heavy atom. The van der Waals surface area contributed by atoms with Crippen molar-refractivity contribution in [2.24, 2.45) is 11.8 Å². The maximum Gasteiger partial charge on any atom is 0.243 e. The molecule has 1 saturated carbocycles. The molecule has 2 aromatic rings. The summed E-state index contributed by atoms with van der Waals surface area (Å²) >= 11 is 0. The van der Waals surface area contributed by atoms with E-state index in [0.29, 0.717) is 38.5 Å². The minimum atomic E-state index is -1.06. The van der Waals surface area contributed by atoms with E-state index < -0.39 is 18.0 Å². The Morgan fingerprint density at radius 1 is 0.956 bits per heavy atom. The Balaban J connectivity index is 1.40. The molecule has 2 heterocycles. The summed E-state index contributed by atoms with van der Waals surface area (Å²) in [6.45, 7) is 4.06. The van der Waals surface area contributed by atoms with Crippen LogP contribution in [-0.2, 0) is 32.1 Å². The van der Waals surface area contributed by atoms with Crippen LogP contribution in [0.4, 0.5) is 0 Å². The van der Waals surface area contributed by atoms with E-state index in [1.807, 2.05) is 60.4 Å². The first-order chi connectivity index (χ1) is 21.9. The van der Waals surface area contributed by atoms with Crippen LogP contribution in [0.1, 0.15) is 80.9 Å².